The summed E-state index contributed by atoms with van der Waals surface area (Å²) in [5.41, 5.74) is 1.61. The van der Waals surface area contributed by atoms with Gasteiger partial charge < -0.3 is 10.4 Å². The van der Waals surface area contributed by atoms with Crippen LogP contribution in [0.5, 0.6) is 0 Å². The first-order valence-corrected chi connectivity index (χ1v) is 8.87. The van der Waals surface area contributed by atoms with Crippen LogP contribution in [0.15, 0.2) is 78.9 Å². The fourth-order valence-electron chi connectivity index (χ4n) is 2.54. The Labute approximate surface area is 171 Å². The number of nitrogens with one attached hydrogen (secondary N) is 1. The van der Waals surface area contributed by atoms with Crippen LogP contribution in [0.1, 0.15) is 34.5 Å². The molecule has 0 saturated heterocycles. The summed E-state index contributed by atoms with van der Waals surface area (Å²) < 4.78 is 12.7. The zero-order valence-electron chi connectivity index (χ0n) is 16.0. The average Bonchev–Trinajstić information content (AvgIpc) is 2.74. The topological polar surface area (TPSA) is 110 Å². The second-order valence-electron chi connectivity index (χ2n) is 6.23. The van der Waals surface area contributed by atoms with Crippen LogP contribution < -0.4 is 5.32 Å². The highest BCUT2D eigenvalue weighted by Crippen LogP contribution is 2.15. The van der Waals surface area contributed by atoms with Gasteiger partial charge in [0, 0.05) is 23.3 Å². The van der Waals surface area contributed by atoms with Gasteiger partial charge in [-0.3, -0.25) is 14.9 Å². The molecule has 0 aromatic heterocycles. The van der Waals surface area contributed by atoms with Crippen molar-refractivity contribution in [2.75, 3.05) is 0 Å². The third-order valence-corrected chi connectivity index (χ3v) is 4.06. The standard InChI is InChI=1S/C13H9NO3.C9H10FNO2/c15-13(10-4-2-1-3-5-10)11-6-8-12(9-7-11)14(16)17;1-6(11-9(12)13)7-3-2-4-8(10)5-7/h1-9H;2-6,11H,1H3,(H,12,13). The number of benzene rings is 3. The molecule has 3 rings (SSSR count). The van der Waals surface area contributed by atoms with E-state index in [0.717, 1.165) is 0 Å². The maximum absolute atomic E-state index is 12.7. The van der Waals surface area contributed by atoms with Crippen LogP contribution in [0.3, 0.4) is 0 Å². The number of nitrogens with zero attached hydrogens (tertiary/aromatic N) is 1. The Morgan fingerprint density at radius 3 is 2.10 bits per heavy atom. The van der Waals surface area contributed by atoms with Gasteiger partial charge in [0.05, 0.1) is 11.0 Å². The molecule has 0 fully saturated rings. The lowest BCUT2D eigenvalue weighted by Crippen LogP contribution is -2.24. The Kier molecular flexibility index (Phi) is 7.75. The molecule has 0 saturated carbocycles. The number of ketones is 1. The summed E-state index contributed by atoms with van der Waals surface area (Å²) in [5.74, 6) is -0.503. The quantitative estimate of drug-likeness (QED) is 0.350. The predicted octanol–water partition coefficient (Wildman–Crippen LogP) is 4.98. The molecule has 3 aromatic carbocycles. The Balaban J connectivity index is 0.000000222. The molecule has 0 heterocycles. The van der Waals surface area contributed by atoms with Crippen molar-refractivity contribution in [2.24, 2.45) is 0 Å². The van der Waals surface area contributed by atoms with Gasteiger partial charge in [-0.05, 0) is 36.8 Å². The Hall–Kier alpha value is -4.07. The number of hydrogen-bond acceptors (Lipinski definition) is 4. The fourth-order valence-corrected chi connectivity index (χ4v) is 2.54. The van der Waals surface area contributed by atoms with Gasteiger partial charge in [-0.1, -0.05) is 42.5 Å². The van der Waals surface area contributed by atoms with Crippen LogP contribution in [-0.2, 0) is 0 Å². The van der Waals surface area contributed by atoms with Crippen LogP contribution in [0.4, 0.5) is 14.9 Å². The van der Waals surface area contributed by atoms with Gasteiger partial charge in [0.25, 0.3) is 5.69 Å². The molecule has 2 N–H and O–H groups in total. The zero-order chi connectivity index (χ0) is 22.1. The van der Waals surface area contributed by atoms with E-state index in [1.54, 1.807) is 43.3 Å². The predicted molar refractivity (Wildman–Crippen MR) is 109 cm³/mol. The molecule has 1 amide bonds. The summed E-state index contributed by atoms with van der Waals surface area (Å²) >= 11 is 0. The molecular weight excluding hydrogens is 391 g/mol. The number of nitro benzene ring substituents is 1. The lowest BCUT2D eigenvalue weighted by Gasteiger charge is -2.11. The highest BCUT2D eigenvalue weighted by atomic mass is 19.1. The van der Waals surface area contributed by atoms with E-state index in [4.69, 9.17) is 5.11 Å². The zero-order valence-corrected chi connectivity index (χ0v) is 16.0. The van der Waals surface area contributed by atoms with Crippen LogP contribution in [-0.4, -0.2) is 21.9 Å². The number of non-ortho nitro benzene ring substituents is 1. The lowest BCUT2D eigenvalue weighted by atomic mass is 10.0. The second-order valence-corrected chi connectivity index (χ2v) is 6.23. The van der Waals surface area contributed by atoms with Crippen molar-refractivity contribution >= 4 is 17.6 Å². The highest BCUT2D eigenvalue weighted by molar-refractivity contribution is 6.09. The number of carboxylic acid groups (broad SMARTS) is 1. The first-order chi connectivity index (χ1) is 14.3. The molecule has 0 spiro atoms. The van der Waals surface area contributed by atoms with Crippen molar-refractivity contribution in [3.05, 3.63) is 111 Å². The van der Waals surface area contributed by atoms with E-state index >= 15 is 0 Å². The van der Waals surface area contributed by atoms with Crippen molar-refractivity contribution in [2.45, 2.75) is 13.0 Å². The smallest absolute Gasteiger partial charge is 0.405 e. The van der Waals surface area contributed by atoms with Crippen LogP contribution >= 0.6 is 0 Å². The number of rotatable bonds is 5. The van der Waals surface area contributed by atoms with Crippen molar-refractivity contribution in [3.8, 4) is 0 Å². The normalized spacial score (nSPS) is 10.9. The molecule has 1 unspecified atom stereocenters. The summed E-state index contributed by atoms with van der Waals surface area (Å²) in [6, 6.07) is 19.8. The minimum atomic E-state index is -1.11. The van der Waals surface area contributed by atoms with Gasteiger partial charge >= 0.3 is 6.09 Å². The summed E-state index contributed by atoms with van der Waals surface area (Å²) in [4.78, 5) is 32.2. The molecule has 3 aromatic rings. The number of carbonyl (C=O) groups excluding carboxylic acids is 1. The first-order valence-electron chi connectivity index (χ1n) is 8.87. The van der Waals surface area contributed by atoms with Gasteiger partial charge in [0.2, 0.25) is 0 Å². The van der Waals surface area contributed by atoms with E-state index in [1.165, 1.54) is 36.4 Å². The average molecular weight is 410 g/mol. The maximum atomic E-state index is 12.7. The molecule has 154 valence electrons. The molecule has 0 radical (unpaired) electrons. The second kappa shape index (κ2) is 10.5. The van der Waals surface area contributed by atoms with Crippen molar-refractivity contribution in [1.29, 1.82) is 0 Å². The molecule has 0 aliphatic carbocycles. The Morgan fingerprint density at radius 2 is 1.57 bits per heavy atom. The van der Waals surface area contributed by atoms with Crippen molar-refractivity contribution in [1.82, 2.24) is 5.32 Å². The third-order valence-electron chi connectivity index (χ3n) is 4.06. The molecule has 1 atom stereocenters. The van der Waals surface area contributed by atoms with Crippen molar-refractivity contribution in [3.63, 3.8) is 0 Å². The van der Waals surface area contributed by atoms with E-state index in [9.17, 15) is 24.1 Å². The number of halogens is 1. The molecule has 7 nitrogen and oxygen atoms in total. The van der Waals surface area contributed by atoms with Gasteiger partial charge in [-0.2, -0.15) is 0 Å². The largest absolute Gasteiger partial charge is 0.465 e. The molecule has 0 aliphatic rings. The minimum Gasteiger partial charge on any atom is -0.465 e. The van der Waals surface area contributed by atoms with Crippen LogP contribution in [0.2, 0.25) is 0 Å². The molecule has 0 bridgehead atoms. The minimum absolute atomic E-state index is 0.0189. The fraction of sp³-hybridized carbons (Fsp3) is 0.0909. The molecule has 8 heteroatoms. The van der Waals surface area contributed by atoms with Gasteiger partial charge in [0.1, 0.15) is 5.82 Å². The van der Waals surface area contributed by atoms with Crippen LogP contribution in [0.25, 0.3) is 0 Å². The Bertz CT molecular complexity index is 1020. The lowest BCUT2D eigenvalue weighted by molar-refractivity contribution is -0.384. The molecule has 0 aliphatic heterocycles. The van der Waals surface area contributed by atoms with Crippen LogP contribution in [0, 0.1) is 15.9 Å². The number of nitro groups is 1. The van der Waals surface area contributed by atoms with E-state index in [2.05, 4.69) is 5.32 Å². The monoisotopic (exact) mass is 410 g/mol. The van der Waals surface area contributed by atoms with Crippen molar-refractivity contribution < 1.29 is 24.0 Å². The first kappa shape index (κ1) is 22.2. The van der Waals surface area contributed by atoms with Gasteiger partial charge in [0.15, 0.2) is 5.78 Å². The van der Waals surface area contributed by atoms with E-state index in [0.29, 0.717) is 16.7 Å². The number of amides is 1. The summed E-state index contributed by atoms with van der Waals surface area (Å²) in [5, 5.41) is 21.1. The number of carbonyl (C=O) groups is 2. The summed E-state index contributed by atoms with van der Waals surface area (Å²) in [6.07, 6.45) is -1.11. The summed E-state index contributed by atoms with van der Waals surface area (Å²) in [7, 11) is 0. The Morgan fingerprint density at radius 1 is 0.967 bits per heavy atom. The van der Waals surface area contributed by atoms with E-state index in [1.807, 2.05) is 6.07 Å². The third kappa shape index (κ3) is 6.52. The molecular formula is C22H19FN2O5. The van der Waals surface area contributed by atoms with Gasteiger partial charge in [-0.25, -0.2) is 9.18 Å². The van der Waals surface area contributed by atoms with E-state index in [-0.39, 0.29) is 17.3 Å². The van der Waals surface area contributed by atoms with Gasteiger partial charge in [-0.15, -0.1) is 0 Å². The van der Waals surface area contributed by atoms with E-state index < -0.39 is 17.1 Å². The SMILES string of the molecule is CC(NC(=O)O)c1cccc(F)c1.O=C(c1ccccc1)c1ccc([N+](=O)[O-])cc1. The maximum Gasteiger partial charge on any atom is 0.405 e. The number of hydrogen-bond donors (Lipinski definition) is 2. The molecule has 30 heavy (non-hydrogen) atoms. The summed E-state index contributed by atoms with van der Waals surface area (Å²) in [6.45, 7) is 1.66. The highest BCUT2D eigenvalue weighted by Gasteiger charge is 2.11.